The van der Waals surface area contributed by atoms with Crippen LogP contribution in [0, 0.1) is 11.8 Å². The second-order valence-electron chi connectivity index (χ2n) is 9.37. The lowest BCUT2D eigenvalue weighted by Crippen LogP contribution is -2.56. The number of fused-ring (bicyclic) bond motifs is 1. The minimum atomic E-state index is -0.661. The number of carbonyl (C=O) groups is 3. The molecular weight excluding hydrogens is 432 g/mol. The third-order valence-electron chi connectivity index (χ3n) is 7.41. The number of hydrogen-bond acceptors (Lipinski definition) is 7. The fourth-order valence-corrected chi connectivity index (χ4v) is 8.08. The van der Waals surface area contributed by atoms with E-state index < -0.39 is 28.7 Å². The van der Waals surface area contributed by atoms with Gasteiger partial charge in [0.25, 0.3) is 0 Å². The molecule has 0 aliphatic carbocycles. The number of nitrogens with zero attached hydrogens (tertiary/aromatic N) is 2. The SMILES string of the molecule is CCCNC(=O)[C@@H]1[C@@H]2CCC3(S2)C(C(=O)NCCN2CCOCC2)N([C@H](C)CO)C(=O)[C@H]13. The molecule has 9 nitrogen and oxygen atoms in total. The molecule has 3 N–H and O–H groups in total. The van der Waals surface area contributed by atoms with Crippen LogP contribution in [0.4, 0.5) is 0 Å². The van der Waals surface area contributed by atoms with Gasteiger partial charge in [-0.1, -0.05) is 6.92 Å². The van der Waals surface area contributed by atoms with Gasteiger partial charge < -0.3 is 25.4 Å². The van der Waals surface area contributed by atoms with Crippen molar-refractivity contribution in [1.29, 1.82) is 0 Å². The van der Waals surface area contributed by atoms with Crippen LogP contribution >= 0.6 is 11.8 Å². The second kappa shape index (κ2) is 9.87. The molecular formula is C22H36N4O5S. The molecule has 4 rings (SSSR count). The molecule has 32 heavy (non-hydrogen) atoms. The van der Waals surface area contributed by atoms with Crippen molar-refractivity contribution in [2.45, 2.75) is 55.2 Å². The molecule has 10 heteroatoms. The Hall–Kier alpha value is -1.36. The maximum absolute atomic E-state index is 13.6. The van der Waals surface area contributed by atoms with E-state index in [-0.39, 0.29) is 29.6 Å². The van der Waals surface area contributed by atoms with Crippen LogP contribution in [0.5, 0.6) is 0 Å². The third kappa shape index (κ3) is 4.03. The van der Waals surface area contributed by atoms with Crippen molar-refractivity contribution in [3.63, 3.8) is 0 Å². The highest BCUT2D eigenvalue weighted by atomic mass is 32.2. The summed E-state index contributed by atoms with van der Waals surface area (Å²) in [4.78, 5) is 43.9. The summed E-state index contributed by atoms with van der Waals surface area (Å²) < 4.78 is 4.78. The summed E-state index contributed by atoms with van der Waals surface area (Å²) in [6.07, 6.45) is 2.41. The van der Waals surface area contributed by atoms with E-state index in [2.05, 4.69) is 15.5 Å². The average molecular weight is 469 g/mol. The van der Waals surface area contributed by atoms with Gasteiger partial charge in [-0.3, -0.25) is 19.3 Å². The van der Waals surface area contributed by atoms with Gasteiger partial charge in [0.1, 0.15) is 6.04 Å². The van der Waals surface area contributed by atoms with Crippen LogP contribution in [-0.2, 0) is 19.1 Å². The van der Waals surface area contributed by atoms with E-state index in [0.717, 1.165) is 38.9 Å². The summed E-state index contributed by atoms with van der Waals surface area (Å²) in [5.74, 6) is -1.32. The predicted octanol–water partition coefficient (Wildman–Crippen LogP) is -0.567. The quantitative estimate of drug-likeness (QED) is 0.416. The van der Waals surface area contributed by atoms with Crippen LogP contribution in [0.1, 0.15) is 33.1 Å². The largest absolute Gasteiger partial charge is 0.394 e. The van der Waals surface area contributed by atoms with Crippen LogP contribution in [0.2, 0.25) is 0 Å². The topological polar surface area (TPSA) is 111 Å². The Morgan fingerprint density at radius 1 is 1.25 bits per heavy atom. The molecule has 2 unspecified atom stereocenters. The molecule has 4 fully saturated rings. The van der Waals surface area contributed by atoms with Crippen molar-refractivity contribution in [1.82, 2.24) is 20.4 Å². The van der Waals surface area contributed by atoms with Crippen LogP contribution in [-0.4, -0.2) is 107 Å². The summed E-state index contributed by atoms with van der Waals surface area (Å²) in [7, 11) is 0. The van der Waals surface area contributed by atoms with E-state index >= 15 is 0 Å². The number of amides is 3. The number of ether oxygens (including phenoxy) is 1. The summed E-state index contributed by atoms with van der Waals surface area (Å²) >= 11 is 1.66. The first kappa shape index (κ1) is 23.8. The zero-order chi connectivity index (χ0) is 22.9. The van der Waals surface area contributed by atoms with Crippen LogP contribution < -0.4 is 10.6 Å². The van der Waals surface area contributed by atoms with Crippen molar-refractivity contribution in [2.75, 3.05) is 52.5 Å². The number of nitrogens with one attached hydrogen (secondary N) is 2. The Kier molecular flexibility index (Phi) is 7.33. The van der Waals surface area contributed by atoms with Crippen molar-refractivity contribution in [3.8, 4) is 0 Å². The Morgan fingerprint density at radius 3 is 2.66 bits per heavy atom. The summed E-state index contributed by atoms with van der Waals surface area (Å²) in [5, 5.41) is 15.9. The number of thioether (sulfide) groups is 1. The van der Waals surface area contributed by atoms with Gasteiger partial charge in [0.05, 0.1) is 42.4 Å². The molecule has 180 valence electrons. The van der Waals surface area contributed by atoms with Gasteiger partial charge in [0, 0.05) is 38.0 Å². The van der Waals surface area contributed by atoms with Gasteiger partial charge in [0.2, 0.25) is 17.7 Å². The molecule has 2 bridgehead atoms. The Bertz CT molecular complexity index is 733. The van der Waals surface area contributed by atoms with Crippen molar-refractivity contribution >= 4 is 29.5 Å². The van der Waals surface area contributed by atoms with Gasteiger partial charge in [-0.15, -0.1) is 11.8 Å². The highest BCUT2D eigenvalue weighted by Crippen LogP contribution is 2.66. The number of likely N-dealkylation sites (tertiary alicyclic amines) is 1. The summed E-state index contributed by atoms with van der Waals surface area (Å²) in [6, 6.07) is -1.14. The zero-order valence-corrected chi connectivity index (χ0v) is 19.9. The molecule has 0 aromatic rings. The number of morpholine rings is 1. The van der Waals surface area contributed by atoms with Gasteiger partial charge in [0.15, 0.2) is 0 Å². The minimum Gasteiger partial charge on any atom is -0.394 e. The van der Waals surface area contributed by atoms with E-state index in [4.69, 9.17) is 4.74 Å². The molecule has 4 aliphatic rings. The normalized spacial score (nSPS) is 35.1. The molecule has 3 amide bonds. The first-order valence-corrected chi connectivity index (χ1v) is 12.8. The fraction of sp³-hybridized carbons (Fsp3) is 0.864. The standard InChI is InChI=1S/C22H36N4O5S/c1-3-6-23-19(28)16-15-4-5-22(32-15)17(16)21(30)26(14(2)13-27)18(22)20(29)24-7-8-25-9-11-31-12-10-25/h14-18,27H,3-13H2,1-2H3,(H,23,28)(H,24,29)/t14-,15+,16-,17+,18?,22?/m1/s1. The number of hydrogen-bond donors (Lipinski definition) is 3. The minimum absolute atomic E-state index is 0.0658. The van der Waals surface area contributed by atoms with Gasteiger partial charge in [-0.2, -0.15) is 0 Å². The molecule has 1 spiro atoms. The lowest BCUT2D eigenvalue weighted by atomic mass is 9.70. The first-order valence-electron chi connectivity index (χ1n) is 11.9. The van der Waals surface area contributed by atoms with Crippen LogP contribution in [0.3, 0.4) is 0 Å². The summed E-state index contributed by atoms with van der Waals surface area (Å²) in [5.41, 5.74) is 0. The number of rotatable bonds is 9. The van der Waals surface area contributed by atoms with Crippen LogP contribution in [0.25, 0.3) is 0 Å². The highest BCUT2D eigenvalue weighted by Gasteiger charge is 2.73. The maximum atomic E-state index is 13.6. The summed E-state index contributed by atoms with van der Waals surface area (Å²) in [6.45, 7) is 8.49. The Labute approximate surface area is 194 Å². The van der Waals surface area contributed by atoms with E-state index in [1.165, 1.54) is 0 Å². The molecule has 6 atom stereocenters. The smallest absolute Gasteiger partial charge is 0.244 e. The van der Waals surface area contributed by atoms with Gasteiger partial charge in [-0.05, 0) is 26.2 Å². The first-order chi connectivity index (χ1) is 15.4. The van der Waals surface area contributed by atoms with E-state index in [1.54, 1.807) is 23.6 Å². The molecule has 4 aliphatic heterocycles. The molecule has 0 saturated carbocycles. The van der Waals surface area contributed by atoms with Crippen LogP contribution in [0.15, 0.2) is 0 Å². The molecule has 4 saturated heterocycles. The molecule has 0 radical (unpaired) electrons. The highest BCUT2D eigenvalue weighted by molar-refractivity contribution is 8.02. The van der Waals surface area contributed by atoms with Gasteiger partial charge in [-0.25, -0.2) is 0 Å². The maximum Gasteiger partial charge on any atom is 0.244 e. The number of aliphatic hydroxyl groups excluding tert-OH is 1. The Morgan fingerprint density at radius 2 is 1.97 bits per heavy atom. The Balaban J connectivity index is 1.53. The van der Waals surface area contributed by atoms with Crippen molar-refractivity contribution in [2.24, 2.45) is 11.8 Å². The molecule has 4 heterocycles. The second-order valence-corrected chi connectivity index (χ2v) is 11.0. The third-order valence-corrected chi connectivity index (χ3v) is 9.36. The zero-order valence-electron chi connectivity index (χ0n) is 19.0. The monoisotopic (exact) mass is 468 g/mol. The van der Waals surface area contributed by atoms with Crippen molar-refractivity contribution < 1.29 is 24.2 Å². The van der Waals surface area contributed by atoms with E-state index in [9.17, 15) is 19.5 Å². The molecule has 0 aromatic carbocycles. The number of carbonyl (C=O) groups excluding carboxylic acids is 3. The lowest BCUT2D eigenvalue weighted by molar-refractivity contribution is -0.142. The predicted molar refractivity (Wildman–Crippen MR) is 121 cm³/mol. The van der Waals surface area contributed by atoms with Crippen molar-refractivity contribution in [3.05, 3.63) is 0 Å². The average Bonchev–Trinajstić information content (AvgIpc) is 3.45. The van der Waals surface area contributed by atoms with E-state index in [1.807, 2.05) is 6.92 Å². The van der Waals surface area contributed by atoms with E-state index in [0.29, 0.717) is 26.3 Å². The number of aliphatic hydroxyl groups is 1. The fourth-order valence-electron chi connectivity index (χ4n) is 5.88. The lowest BCUT2D eigenvalue weighted by Gasteiger charge is -2.36. The molecule has 0 aromatic heterocycles. The van der Waals surface area contributed by atoms with Gasteiger partial charge >= 0.3 is 0 Å².